The van der Waals surface area contributed by atoms with E-state index in [0.717, 1.165) is 22.4 Å². The first-order valence-electron chi connectivity index (χ1n) is 8.22. The maximum atomic E-state index is 12.0. The van der Waals surface area contributed by atoms with Gasteiger partial charge in [0.15, 0.2) is 5.11 Å². The number of thiocarbonyl (C=S) groups is 1. The first kappa shape index (κ1) is 19.4. The van der Waals surface area contributed by atoms with Gasteiger partial charge in [-0.3, -0.25) is 0 Å². The molecule has 2 aromatic rings. The van der Waals surface area contributed by atoms with Crippen molar-refractivity contribution in [3.05, 3.63) is 51.4 Å². The summed E-state index contributed by atoms with van der Waals surface area (Å²) in [4.78, 5) is 13.1. The zero-order chi connectivity index (χ0) is 18.6. The lowest BCUT2D eigenvalue weighted by Gasteiger charge is -2.17. The van der Waals surface area contributed by atoms with Crippen molar-refractivity contribution in [1.82, 2.24) is 5.32 Å². The van der Waals surface area contributed by atoms with Crippen LogP contribution in [0.2, 0.25) is 0 Å². The van der Waals surface area contributed by atoms with Crippen molar-refractivity contribution in [3.63, 3.8) is 0 Å². The number of anilines is 1. The van der Waals surface area contributed by atoms with Crippen molar-refractivity contribution in [1.29, 1.82) is 0 Å². The molecule has 0 bridgehead atoms. The average molecular weight is 377 g/mol. The number of rotatable bonds is 5. The highest BCUT2D eigenvalue weighted by Crippen LogP contribution is 2.33. The molecular formula is C19H24N2O2S2. The summed E-state index contributed by atoms with van der Waals surface area (Å²) >= 11 is 6.93. The highest BCUT2D eigenvalue weighted by atomic mass is 32.1. The van der Waals surface area contributed by atoms with Crippen LogP contribution in [0.25, 0.3) is 0 Å². The zero-order valence-electron chi connectivity index (χ0n) is 15.2. The Bertz CT molecular complexity index is 766. The molecule has 0 amide bonds. The van der Waals surface area contributed by atoms with Crippen LogP contribution in [0.3, 0.4) is 0 Å². The van der Waals surface area contributed by atoms with Gasteiger partial charge in [-0.25, -0.2) is 4.79 Å². The van der Waals surface area contributed by atoms with Crippen molar-refractivity contribution >= 4 is 39.6 Å². The Labute approximate surface area is 158 Å². The normalized spacial score (nSPS) is 11.7. The molecule has 0 aliphatic heterocycles. The van der Waals surface area contributed by atoms with Gasteiger partial charge in [0.05, 0.1) is 18.7 Å². The predicted octanol–water partition coefficient (Wildman–Crippen LogP) is 4.76. The largest absolute Gasteiger partial charge is 0.465 e. The summed E-state index contributed by atoms with van der Waals surface area (Å²) < 4.78 is 4.89. The molecule has 4 nitrogen and oxygen atoms in total. The fourth-order valence-electron chi connectivity index (χ4n) is 2.52. The molecule has 0 fully saturated rings. The number of carbonyl (C=O) groups is 1. The van der Waals surface area contributed by atoms with E-state index in [4.69, 9.17) is 17.0 Å². The van der Waals surface area contributed by atoms with Crippen molar-refractivity contribution < 1.29 is 9.53 Å². The Kier molecular flexibility index (Phi) is 6.56. The van der Waals surface area contributed by atoms with Crippen LogP contribution in [0.15, 0.2) is 24.3 Å². The fraction of sp³-hybridized carbons (Fsp3) is 0.368. The number of aryl methyl sites for hydroxylation is 2. The quantitative estimate of drug-likeness (QED) is 0.582. The monoisotopic (exact) mass is 376 g/mol. The highest BCUT2D eigenvalue weighted by Gasteiger charge is 2.21. The van der Waals surface area contributed by atoms with E-state index in [2.05, 4.69) is 48.7 Å². The molecule has 6 heteroatoms. The van der Waals surface area contributed by atoms with Crippen LogP contribution in [0.4, 0.5) is 5.00 Å². The third kappa shape index (κ3) is 4.58. The number of methoxy groups -OCH3 is 1. The molecule has 1 unspecified atom stereocenters. The van der Waals surface area contributed by atoms with E-state index in [1.165, 1.54) is 24.0 Å². The number of thiophene rings is 1. The second-order valence-electron chi connectivity index (χ2n) is 5.89. The second kappa shape index (κ2) is 8.45. The van der Waals surface area contributed by atoms with E-state index in [1.807, 2.05) is 13.8 Å². The van der Waals surface area contributed by atoms with Gasteiger partial charge in [-0.2, -0.15) is 0 Å². The molecule has 2 rings (SSSR count). The maximum Gasteiger partial charge on any atom is 0.341 e. The van der Waals surface area contributed by atoms with Gasteiger partial charge in [0.2, 0.25) is 0 Å². The van der Waals surface area contributed by atoms with Crippen LogP contribution in [-0.2, 0) is 11.2 Å². The van der Waals surface area contributed by atoms with E-state index in [1.54, 1.807) is 0 Å². The summed E-state index contributed by atoms with van der Waals surface area (Å²) in [6, 6.07) is 8.54. The zero-order valence-corrected chi connectivity index (χ0v) is 16.9. The number of hydrogen-bond donors (Lipinski definition) is 2. The minimum Gasteiger partial charge on any atom is -0.465 e. The van der Waals surface area contributed by atoms with Gasteiger partial charge >= 0.3 is 5.97 Å². The third-order valence-corrected chi connectivity index (χ3v) is 5.58. The average Bonchev–Trinajstić information content (AvgIpc) is 2.87. The van der Waals surface area contributed by atoms with Crippen LogP contribution in [0.1, 0.15) is 51.8 Å². The van der Waals surface area contributed by atoms with Gasteiger partial charge in [-0.15, -0.1) is 11.3 Å². The summed E-state index contributed by atoms with van der Waals surface area (Å²) in [7, 11) is 1.39. The molecule has 0 radical (unpaired) electrons. The Morgan fingerprint density at radius 3 is 2.48 bits per heavy atom. The smallest absolute Gasteiger partial charge is 0.341 e. The molecular weight excluding hydrogens is 352 g/mol. The lowest BCUT2D eigenvalue weighted by molar-refractivity contribution is 0.0601. The Morgan fingerprint density at radius 2 is 1.92 bits per heavy atom. The van der Waals surface area contributed by atoms with Crippen LogP contribution in [0, 0.1) is 13.8 Å². The molecule has 25 heavy (non-hydrogen) atoms. The molecule has 0 saturated heterocycles. The van der Waals surface area contributed by atoms with Crippen LogP contribution in [0.5, 0.6) is 0 Å². The van der Waals surface area contributed by atoms with E-state index in [-0.39, 0.29) is 12.0 Å². The molecule has 0 aliphatic carbocycles. The van der Waals surface area contributed by atoms with Crippen LogP contribution >= 0.6 is 23.6 Å². The molecule has 2 N–H and O–H groups in total. The number of hydrogen-bond acceptors (Lipinski definition) is 4. The third-order valence-electron chi connectivity index (χ3n) is 4.24. The molecule has 1 aromatic heterocycles. The summed E-state index contributed by atoms with van der Waals surface area (Å²) in [6.45, 7) is 8.09. The molecule has 1 atom stereocenters. The van der Waals surface area contributed by atoms with Gasteiger partial charge in [0.1, 0.15) is 5.00 Å². The molecule has 0 aliphatic rings. The number of nitrogens with one attached hydrogen (secondary N) is 2. The van der Waals surface area contributed by atoms with Gasteiger partial charge < -0.3 is 15.4 Å². The van der Waals surface area contributed by atoms with Gasteiger partial charge in [0.25, 0.3) is 0 Å². The highest BCUT2D eigenvalue weighted by molar-refractivity contribution is 7.80. The van der Waals surface area contributed by atoms with Crippen LogP contribution < -0.4 is 10.6 Å². The molecule has 1 aromatic carbocycles. The van der Waals surface area contributed by atoms with Crippen molar-refractivity contribution in [2.45, 2.75) is 40.2 Å². The number of carbonyl (C=O) groups excluding carboxylic acids is 1. The Balaban J connectivity index is 2.09. The number of esters is 1. The minimum atomic E-state index is -0.352. The maximum absolute atomic E-state index is 12.0. The summed E-state index contributed by atoms with van der Waals surface area (Å²) in [5.41, 5.74) is 3.94. The van der Waals surface area contributed by atoms with E-state index in [0.29, 0.717) is 15.7 Å². The van der Waals surface area contributed by atoms with Crippen LogP contribution in [-0.4, -0.2) is 18.2 Å². The lowest BCUT2D eigenvalue weighted by atomic mass is 10.1. The van der Waals surface area contributed by atoms with Crippen molar-refractivity contribution in [3.8, 4) is 0 Å². The predicted molar refractivity (Wildman–Crippen MR) is 109 cm³/mol. The SMILES string of the molecule is CCc1ccc(C(C)NC(=S)Nc2sc(C)c(C)c2C(=O)OC)cc1. The summed E-state index contributed by atoms with van der Waals surface area (Å²) in [5.74, 6) is -0.352. The number of benzene rings is 1. The van der Waals surface area contributed by atoms with Gasteiger partial charge in [0, 0.05) is 4.88 Å². The van der Waals surface area contributed by atoms with E-state index in [9.17, 15) is 4.79 Å². The van der Waals surface area contributed by atoms with E-state index >= 15 is 0 Å². The van der Waals surface area contributed by atoms with Crippen molar-refractivity contribution in [2.75, 3.05) is 12.4 Å². The first-order valence-corrected chi connectivity index (χ1v) is 9.44. The first-order chi connectivity index (χ1) is 11.9. The standard InChI is InChI=1S/C19H24N2O2S2/c1-6-14-7-9-15(10-8-14)12(3)20-19(24)21-17-16(18(22)23-5)11(2)13(4)25-17/h7-10,12H,6H2,1-5H3,(H2,20,21,24). The van der Waals surface area contributed by atoms with E-state index < -0.39 is 0 Å². The minimum absolute atomic E-state index is 0.0645. The fourth-order valence-corrected chi connectivity index (χ4v) is 3.92. The van der Waals surface area contributed by atoms with Gasteiger partial charge in [-0.05, 0) is 56.1 Å². The molecule has 0 spiro atoms. The Hall–Kier alpha value is -1.92. The summed E-state index contributed by atoms with van der Waals surface area (Å²) in [6.07, 6.45) is 1.02. The second-order valence-corrected chi connectivity index (χ2v) is 7.53. The Morgan fingerprint density at radius 1 is 1.28 bits per heavy atom. The molecule has 1 heterocycles. The topological polar surface area (TPSA) is 50.4 Å². The molecule has 0 saturated carbocycles. The summed E-state index contributed by atoms with van der Waals surface area (Å²) in [5, 5.41) is 7.62. The molecule has 134 valence electrons. The number of ether oxygens (including phenoxy) is 1. The van der Waals surface area contributed by atoms with Crippen molar-refractivity contribution in [2.24, 2.45) is 0 Å². The van der Waals surface area contributed by atoms with Gasteiger partial charge in [-0.1, -0.05) is 31.2 Å². The lowest BCUT2D eigenvalue weighted by Crippen LogP contribution is -2.31.